The summed E-state index contributed by atoms with van der Waals surface area (Å²) in [5, 5.41) is 10.1. The summed E-state index contributed by atoms with van der Waals surface area (Å²) in [6.07, 6.45) is 2.53. The Labute approximate surface area is 358 Å². The van der Waals surface area contributed by atoms with Crippen LogP contribution in [0.25, 0.3) is 10.8 Å². The molecule has 19 heteroatoms. The first-order chi connectivity index (χ1) is 29.5. The van der Waals surface area contributed by atoms with Gasteiger partial charge >= 0.3 is 18.6 Å². The summed E-state index contributed by atoms with van der Waals surface area (Å²) in [7, 11) is -2.29. The van der Waals surface area contributed by atoms with Crippen LogP contribution in [-0.2, 0) is 34.4 Å². The highest BCUT2D eigenvalue weighted by Crippen LogP contribution is 2.40. The molecule has 4 aromatic carbocycles. The minimum absolute atomic E-state index is 0.0792. The molecular formula is C43H49F2N5O11S. The van der Waals surface area contributed by atoms with Gasteiger partial charge in [-0.15, -0.1) is 0 Å². The van der Waals surface area contributed by atoms with Gasteiger partial charge in [-0.3, -0.25) is 4.72 Å². The quantitative estimate of drug-likeness (QED) is 0.0404. The van der Waals surface area contributed by atoms with Gasteiger partial charge in [-0.05, 0) is 48.2 Å². The van der Waals surface area contributed by atoms with Gasteiger partial charge in [0.15, 0.2) is 5.75 Å². The number of nitrogens with one attached hydrogen (secondary N) is 4. The number of alkyl halides is 2. The van der Waals surface area contributed by atoms with Gasteiger partial charge in [0.1, 0.15) is 42.0 Å². The summed E-state index contributed by atoms with van der Waals surface area (Å²) in [6.45, 7) is 5.17. The van der Waals surface area contributed by atoms with E-state index < -0.39 is 34.1 Å². The number of rotatable bonds is 21. The van der Waals surface area contributed by atoms with Crippen LogP contribution in [0.1, 0.15) is 33.3 Å². The second-order valence-electron chi connectivity index (χ2n) is 14.5. The number of amides is 2. The normalized spacial score (nSPS) is 11.5. The van der Waals surface area contributed by atoms with E-state index in [0.717, 1.165) is 11.8 Å². The number of hydrogen-bond donors (Lipinski definition) is 4. The number of fused-ring (bicyclic) bond motifs is 1. The molecule has 0 unspecified atom stereocenters. The monoisotopic (exact) mass is 881 g/mol. The predicted octanol–water partition coefficient (Wildman–Crippen LogP) is 8.67. The number of esters is 1. The van der Waals surface area contributed by atoms with Gasteiger partial charge in [0.25, 0.3) is 0 Å². The molecule has 0 atom stereocenters. The van der Waals surface area contributed by atoms with Crippen molar-refractivity contribution < 1.29 is 59.9 Å². The van der Waals surface area contributed by atoms with Crippen molar-refractivity contribution in [3.63, 3.8) is 0 Å². The van der Waals surface area contributed by atoms with Crippen molar-refractivity contribution in [3.8, 4) is 28.7 Å². The van der Waals surface area contributed by atoms with Crippen LogP contribution in [0.15, 0.2) is 85.1 Å². The summed E-state index contributed by atoms with van der Waals surface area (Å²) >= 11 is 0. The van der Waals surface area contributed by atoms with Gasteiger partial charge in [0.2, 0.25) is 10.0 Å². The Kier molecular flexibility index (Phi) is 16.1. The average Bonchev–Trinajstić information content (AvgIpc) is 3.19. The molecule has 1 heterocycles. The molecule has 332 valence electrons. The number of pyridine rings is 1. The van der Waals surface area contributed by atoms with Crippen LogP contribution in [0.2, 0.25) is 0 Å². The lowest BCUT2D eigenvalue weighted by Crippen LogP contribution is -2.22. The number of ether oxygens (including phenoxy) is 7. The maximum atomic E-state index is 13.5. The fourth-order valence-electron chi connectivity index (χ4n) is 5.91. The van der Waals surface area contributed by atoms with Gasteiger partial charge < -0.3 is 49.1 Å². The van der Waals surface area contributed by atoms with Crippen molar-refractivity contribution in [2.45, 2.75) is 39.7 Å². The van der Waals surface area contributed by atoms with Crippen molar-refractivity contribution in [3.05, 3.63) is 90.6 Å². The molecule has 0 saturated heterocycles. The number of hydrogen-bond acceptors (Lipinski definition) is 13. The van der Waals surface area contributed by atoms with Gasteiger partial charge in [-0.1, -0.05) is 45.0 Å². The molecule has 0 aliphatic rings. The van der Waals surface area contributed by atoms with Crippen molar-refractivity contribution >= 4 is 61.4 Å². The fraction of sp³-hybridized carbons (Fsp3) is 0.326. The summed E-state index contributed by atoms with van der Waals surface area (Å²) in [6, 6.07) is 20.9. The molecule has 0 spiro atoms. The predicted molar refractivity (Wildman–Crippen MR) is 231 cm³/mol. The van der Waals surface area contributed by atoms with Crippen LogP contribution >= 0.6 is 0 Å². The maximum absolute atomic E-state index is 13.5. The SMILES string of the molecule is CCOC(=O)COCCOCCOc1cc(Nc2cc(Oc3ccc(NC(=O)Nc4cc(C(C)(C)C)cc(NS(C)(=O)=O)c4OC)c4ccccc34)ccn2)cc(OC(F)F)c1. The van der Waals surface area contributed by atoms with Crippen molar-refractivity contribution in [2.24, 2.45) is 0 Å². The first-order valence-corrected chi connectivity index (χ1v) is 21.1. The molecule has 1 aromatic heterocycles. The molecule has 0 radical (unpaired) electrons. The number of urea groups is 1. The molecule has 62 heavy (non-hydrogen) atoms. The topological polar surface area (TPSA) is 194 Å². The summed E-state index contributed by atoms with van der Waals surface area (Å²) in [5.74, 6) is 0.890. The number of halogens is 2. The van der Waals surface area contributed by atoms with Crippen molar-refractivity contribution in [2.75, 3.05) is 73.7 Å². The zero-order valence-corrected chi connectivity index (χ0v) is 35.8. The van der Waals surface area contributed by atoms with E-state index in [1.165, 1.54) is 25.4 Å². The first-order valence-electron chi connectivity index (χ1n) is 19.3. The summed E-state index contributed by atoms with van der Waals surface area (Å²) in [4.78, 5) is 29.2. The van der Waals surface area contributed by atoms with Crippen LogP contribution in [0.5, 0.6) is 28.7 Å². The first kappa shape index (κ1) is 46.6. The number of methoxy groups -OCH3 is 1. The molecule has 16 nitrogen and oxygen atoms in total. The number of benzene rings is 4. The van der Waals surface area contributed by atoms with Crippen LogP contribution in [0, 0.1) is 0 Å². The zero-order chi connectivity index (χ0) is 44.9. The van der Waals surface area contributed by atoms with Crippen LogP contribution in [0.4, 0.5) is 42.1 Å². The molecule has 0 aliphatic carbocycles. The van der Waals surface area contributed by atoms with Crippen LogP contribution in [-0.4, -0.2) is 85.0 Å². The molecule has 5 rings (SSSR count). The number of nitrogens with zero attached hydrogens (tertiary/aromatic N) is 1. The van der Waals surface area contributed by atoms with Gasteiger partial charge in [0.05, 0.1) is 56.9 Å². The molecular weight excluding hydrogens is 833 g/mol. The number of aromatic nitrogens is 1. The Balaban J connectivity index is 1.27. The third-order valence-corrected chi connectivity index (χ3v) is 9.16. The van der Waals surface area contributed by atoms with Crippen molar-refractivity contribution in [1.29, 1.82) is 0 Å². The van der Waals surface area contributed by atoms with E-state index in [1.807, 2.05) is 45.0 Å². The lowest BCUT2D eigenvalue weighted by molar-refractivity contribution is -0.148. The lowest BCUT2D eigenvalue weighted by Gasteiger charge is -2.24. The number of anilines is 5. The number of carbonyl (C=O) groups is 2. The van der Waals surface area contributed by atoms with Gasteiger partial charge in [-0.25, -0.2) is 23.0 Å². The smallest absolute Gasteiger partial charge is 0.387 e. The van der Waals surface area contributed by atoms with Crippen molar-refractivity contribution in [1.82, 2.24) is 4.98 Å². The fourth-order valence-corrected chi connectivity index (χ4v) is 6.46. The van der Waals surface area contributed by atoms with Crippen LogP contribution < -0.4 is 39.6 Å². The second-order valence-corrected chi connectivity index (χ2v) is 16.2. The Morgan fingerprint density at radius 1 is 0.806 bits per heavy atom. The highest BCUT2D eigenvalue weighted by atomic mass is 32.2. The Morgan fingerprint density at radius 2 is 1.50 bits per heavy atom. The third-order valence-electron chi connectivity index (χ3n) is 8.57. The van der Waals surface area contributed by atoms with Crippen LogP contribution in [0.3, 0.4) is 0 Å². The second kappa shape index (κ2) is 21.4. The Bertz CT molecular complexity index is 2450. The number of sulfonamides is 1. The molecule has 0 fully saturated rings. The molecule has 0 saturated carbocycles. The zero-order valence-electron chi connectivity index (χ0n) is 35.0. The lowest BCUT2D eigenvalue weighted by atomic mass is 9.86. The highest BCUT2D eigenvalue weighted by Gasteiger charge is 2.23. The molecule has 0 aliphatic heterocycles. The molecule has 4 N–H and O–H groups in total. The maximum Gasteiger partial charge on any atom is 0.387 e. The highest BCUT2D eigenvalue weighted by molar-refractivity contribution is 7.92. The third kappa shape index (κ3) is 14.1. The summed E-state index contributed by atoms with van der Waals surface area (Å²) in [5.41, 5.74) is 1.58. The standard InChI is InChI=1S/C43H49F2N5O11S/c1-7-58-39(51)26-57-17-16-56-18-19-59-30-22-28(23-31(24-30)61-41(44)45)47-38-25-29(14-15-46-38)60-37-13-12-34(32-10-8-9-11-33(32)37)48-42(52)49-35-20-27(43(2,3)4)21-36(40(35)55-5)50-62(6,53)54/h8-15,20-25,41,50H,7,16-19,26H2,1-6H3,(H,46,47)(H2,48,49,52). The van der Waals surface area contributed by atoms with Gasteiger partial charge in [0, 0.05) is 46.9 Å². The average molecular weight is 882 g/mol. The Hall–Kier alpha value is -6.44. The van der Waals surface area contributed by atoms with E-state index in [2.05, 4.69) is 30.4 Å². The van der Waals surface area contributed by atoms with E-state index in [0.29, 0.717) is 39.5 Å². The Morgan fingerprint density at radius 3 is 2.21 bits per heavy atom. The number of carbonyl (C=O) groups excluding carboxylic acids is 2. The molecule has 5 aromatic rings. The minimum atomic E-state index is -3.67. The van der Waals surface area contributed by atoms with E-state index in [9.17, 15) is 26.8 Å². The van der Waals surface area contributed by atoms with Gasteiger partial charge in [-0.2, -0.15) is 8.78 Å². The minimum Gasteiger partial charge on any atom is -0.492 e. The largest absolute Gasteiger partial charge is 0.492 e. The van der Waals surface area contributed by atoms with E-state index >= 15 is 0 Å². The molecule has 0 bridgehead atoms. The van der Waals surface area contributed by atoms with E-state index in [-0.39, 0.29) is 68.3 Å². The van der Waals surface area contributed by atoms with E-state index in [4.69, 9.17) is 28.4 Å². The summed E-state index contributed by atoms with van der Waals surface area (Å²) < 4.78 is 90.9. The molecule has 2 amide bonds. The van der Waals surface area contributed by atoms with E-state index in [1.54, 1.807) is 49.4 Å².